The largest absolute Gasteiger partial charge is 0.454 e. The number of rotatable bonds is 5. The Morgan fingerprint density at radius 3 is 2.58 bits per heavy atom. The van der Waals surface area contributed by atoms with Crippen molar-refractivity contribution in [2.24, 2.45) is 0 Å². The van der Waals surface area contributed by atoms with E-state index < -0.39 is 5.97 Å². The molecule has 0 spiro atoms. The van der Waals surface area contributed by atoms with Crippen molar-refractivity contribution in [3.05, 3.63) is 54.1 Å². The zero-order chi connectivity index (χ0) is 16.9. The molecule has 1 heterocycles. The highest BCUT2D eigenvalue weighted by atomic mass is 16.7. The first kappa shape index (κ1) is 15.9. The summed E-state index contributed by atoms with van der Waals surface area (Å²) in [5.41, 5.74) is 1.08. The van der Waals surface area contributed by atoms with Crippen molar-refractivity contribution in [3.8, 4) is 11.5 Å². The molecule has 6 nitrogen and oxygen atoms in total. The monoisotopic (exact) mass is 327 g/mol. The summed E-state index contributed by atoms with van der Waals surface area (Å²) < 4.78 is 15.5. The third-order valence-electron chi connectivity index (χ3n) is 3.62. The summed E-state index contributed by atoms with van der Waals surface area (Å²) in [5.74, 6) is 0.225. The van der Waals surface area contributed by atoms with Crippen LogP contribution in [0.5, 0.6) is 11.5 Å². The first-order valence-electron chi connectivity index (χ1n) is 7.61. The number of likely N-dealkylation sites (N-methyl/N-ethyl adjacent to an activating group) is 1. The molecule has 0 N–H and O–H groups in total. The molecule has 0 unspecified atom stereocenters. The van der Waals surface area contributed by atoms with Gasteiger partial charge in [-0.1, -0.05) is 18.2 Å². The van der Waals surface area contributed by atoms with Crippen LogP contribution in [-0.4, -0.2) is 31.8 Å². The number of ether oxygens (including phenoxy) is 3. The number of esters is 1. The van der Waals surface area contributed by atoms with E-state index in [1.54, 1.807) is 23.1 Å². The van der Waals surface area contributed by atoms with Crippen molar-refractivity contribution in [2.75, 3.05) is 24.8 Å². The molecule has 2 aromatic carbocycles. The number of benzene rings is 2. The minimum absolute atomic E-state index is 0.134. The van der Waals surface area contributed by atoms with E-state index in [0.717, 1.165) is 5.69 Å². The van der Waals surface area contributed by atoms with Crippen molar-refractivity contribution in [1.29, 1.82) is 0 Å². The fraction of sp³-hybridized carbons (Fsp3) is 0.222. The van der Waals surface area contributed by atoms with Crippen LogP contribution in [0.15, 0.2) is 48.5 Å². The second kappa shape index (κ2) is 7.04. The van der Waals surface area contributed by atoms with Gasteiger partial charge in [-0.2, -0.15) is 0 Å². The van der Waals surface area contributed by atoms with E-state index in [2.05, 4.69) is 0 Å². The van der Waals surface area contributed by atoms with Crippen LogP contribution >= 0.6 is 0 Å². The average molecular weight is 327 g/mol. The van der Waals surface area contributed by atoms with Gasteiger partial charge in [0.2, 0.25) is 6.79 Å². The van der Waals surface area contributed by atoms with Gasteiger partial charge in [-0.3, -0.25) is 4.79 Å². The van der Waals surface area contributed by atoms with Crippen LogP contribution in [0.25, 0.3) is 0 Å². The van der Waals surface area contributed by atoms with Gasteiger partial charge in [0.15, 0.2) is 18.1 Å². The van der Waals surface area contributed by atoms with Crippen LogP contribution in [0, 0.1) is 0 Å². The predicted octanol–water partition coefficient (Wildman–Crippen LogP) is 2.63. The molecular weight excluding hydrogens is 310 g/mol. The van der Waals surface area contributed by atoms with E-state index in [0.29, 0.717) is 23.6 Å². The average Bonchev–Trinajstić information content (AvgIpc) is 3.09. The third-order valence-corrected chi connectivity index (χ3v) is 3.62. The fourth-order valence-electron chi connectivity index (χ4n) is 2.42. The predicted molar refractivity (Wildman–Crippen MR) is 87.3 cm³/mol. The number of hydrogen-bond acceptors (Lipinski definition) is 5. The van der Waals surface area contributed by atoms with Gasteiger partial charge in [0, 0.05) is 12.2 Å². The molecular formula is C18H17NO5. The van der Waals surface area contributed by atoms with E-state index in [1.807, 2.05) is 37.3 Å². The van der Waals surface area contributed by atoms with Gasteiger partial charge in [-0.05, 0) is 37.3 Å². The summed E-state index contributed by atoms with van der Waals surface area (Å²) in [6.07, 6.45) is 0. The molecule has 0 radical (unpaired) electrons. The Morgan fingerprint density at radius 2 is 1.83 bits per heavy atom. The van der Waals surface area contributed by atoms with Crippen molar-refractivity contribution in [1.82, 2.24) is 0 Å². The van der Waals surface area contributed by atoms with Crippen LogP contribution in [0.4, 0.5) is 5.69 Å². The minimum Gasteiger partial charge on any atom is -0.454 e. The second-order valence-electron chi connectivity index (χ2n) is 5.12. The quantitative estimate of drug-likeness (QED) is 0.790. The van der Waals surface area contributed by atoms with E-state index >= 15 is 0 Å². The fourth-order valence-corrected chi connectivity index (χ4v) is 2.42. The van der Waals surface area contributed by atoms with E-state index in [4.69, 9.17) is 14.2 Å². The lowest BCUT2D eigenvalue weighted by atomic mass is 10.2. The van der Waals surface area contributed by atoms with Crippen molar-refractivity contribution in [2.45, 2.75) is 6.92 Å². The molecule has 0 saturated carbocycles. The topological polar surface area (TPSA) is 65.1 Å². The summed E-state index contributed by atoms with van der Waals surface area (Å²) in [6.45, 7) is 2.17. The van der Waals surface area contributed by atoms with Crippen LogP contribution < -0.4 is 14.4 Å². The molecule has 0 atom stereocenters. The molecule has 1 aliphatic rings. The Hall–Kier alpha value is -3.02. The molecule has 1 aliphatic heterocycles. The highest BCUT2D eigenvalue weighted by molar-refractivity contribution is 5.97. The van der Waals surface area contributed by atoms with Gasteiger partial charge in [0.1, 0.15) is 0 Å². The molecule has 3 rings (SSSR count). The molecule has 24 heavy (non-hydrogen) atoms. The summed E-state index contributed by atoms with van der Waals surface area (Å²) in [6, 6.07) is 14.0. The standard InChI is InChI=1S/C18H17NO5/c1-2-19(14-6-4-3-5-7-14)17(20)11-22-18(21)13-8-9-15-16(10-13)24-12-23-15/h3-10H,2,11-12H2,1H3. The van der Waals surface area contributed by atoms with Gasteiger partial charge in [0.25, 0.3) is 5.91 Å². The Labute approximate surface area is 139 Å². The number of carbonyl (C=O) groups is 2. The van der Waals surface area contributed by atoms with E-state index in [1.165, 1.54) is 0 Å². The highest BCUT2D eigenvalue weighted by Gasteiger charge is 2.19. The molecule has 1 amide bonds. The lowest BCUT2D eigenvalue weighted by Crippen LogP contribution is -2.34. The van der Waals surface area contributed by atoms with Crippen molar-refractivity contribution < 1.29 is 23.8 Å². The van der Waals surface area contributed by atoms with E-state index in [9.17, 15) is 9.59 Å². The number of anilines is 1. The number of fused-ring (bicyclic) bond motifs is 1. The van der Waals surface area contributed by atoms with Crippen molar-refractivity contribution in [3.63, 3.8) is 0 Å². The SMILES string of the molecule is CCN(C(=O)COC(=O)c1ccc2c(c1)OCO2)c1ccccc1. The van der Waals surface area contributed by atoms with Crippen LogP contribution in [-0.2, 0) is 9.53 Å². The lowest BCUT2D eigenvalue weighted by molar-refractivity contribution is -0.121. The maximum Gasteiger partial charge on any atom is 0.338 e. The minimum atomic E-state index is -0.578. The first-order valence-corrected chi connectivity index (χ1v) is 7.61. The van der Waals surface area contributed by atoms with Gasteiger partial charge in [-0.15, -0.1) is 0 Å². The summed E-state index contributed by atoms with van der Waals surface area (Å²) in [7, 11) is 0. The first-order chi connectivity index (χ1) is 11.7. The lowest BCUT2D eigenvalue weighted by Gasteiger charge is -2.20. The Balaban J connectivity index is 1.62. The molecule has 124 valence electrons. The number of amides is 1. The van der Waals surface area contributed by atoms with Gasteiger partial charge >= 0.3 is 5.97 Å². The number of carbonyl (C=O) groups excluding carboxylic acids is 2. The molecule has 0 fully saturated rings. The van der Waals surface area contributed by atoms with E-state index in [-0.39, 0.29) is 19.3 Å². The smallest absolute Gasteiger partial charge is 0.338 e. The maximum atomic E-state index is 12.3. The normalized spacial score (nSPS) is 11.9. The molecule has 2 aromatic rings. The maximum absolute atomic E-state index is 12.3. The molecule has 0 aliphatic carbocycles. The molecule has 0 bridgehead atoms. The zero-order valence-corrected chi connectivity index (χ0v) is 13.2. The Bertz CT molecular complexity index is 744. The number of hydrogen-bond donors (Lipinski definition) is 0. The zero-order valence-electron chi connectivity index (χ0n) is 13.2. The van der Waals surface area contributed by atoms with Crippen molar-refractivity contribution >= 4 is 17.6 Å². The summed E-state index contributed by atoms with van der Waals surface area (Å²) in [4.78, 5) is 26.0. The number of para-hydroxylation sites is 1. The van der Waals surface area contributed by atoms with Gasteiger partial charge in [-0.25, -0.2) is 4.79 Å². The molecule has 0 saturated heterocycles. The molecule has 6 heteroatoms. The van der Waals surface area contributed by atoms with Crippen LogP contribution in [0.1, 0.15) is 17.3 Å². The summed E-state index contributed by atoms with van der Waals surface area (Å²) in [5, 5.41) is 0. The molecule has 0 aromatic heterocycles. The van der Waals surface area contributed by atoms with Gasteiger partial charge in [0.05, 0.1) is 5.56 Å². The second-order valence-corrected chi connectivity index (χ2v) is 5.12. The van der Waals surface area contributed by atoms with Crippen LogP contribution in [0.3, 0.4) is 0 Å². The Morgan fingerprint density at radius 1 is 1.08 bits per heavy atom. The Kier molecular flexibility index (Phi) is 4.65. The number of nitrogens with zero attached hydrogens (tertiary/aromatic N) is 1. The summed E-state index contributed by atoms with van der Waals surface area (Å²) >= 11 is 0. The highest BCUT2D eigenvalue weighted by Crippen LogP contribution is 2.32. The third kappa shape index (κ3) is 3.32. The van der Waals surface area contributed by atoms with Crippen LogP contribution in [0.2, 0.25) is 0 Å². The van der Waals surface area contributed by atoms with Gasteiger partial charge < -0.3 is 19.1 Å².